The van der Waals surface area contributed by atoms with Crippen LogP contribution in [0, 0.1) is 23.0 Å². The first kappa shape index (κ1) is 30.1. The van der Waals surface area contributed by atoms with Crippen molar-refractivity contribution in [2.24, 2.45) is 11.3 Å². The van der Waals surface area contributed by atoms with E-state index in [9.17, 15) is 23.2 Å². The second-order valence-electron chi connectivity index (χ2n) is 13.2. The number of rotatable bonds is 6. The molecule has 1 aromatic heterocycles. The highest BCUT2D eigenvalue weighted by Gasteiger charge is 2.54. The van der Waals surface area contributed by atoms with Gasteiger partial charge in [-0.05, 0) is 74.6 Å². The molecule has 3 amide bonds. The summed E-state index contributed by atoms with van der Waals surface area (Å²) in [5, 5.41) is 8.84. The van der Waals surface area contributed by atoms with Crippen molar-refractivity contribution in [3.63, 3.8) is 0 Å². The topological polar surface area (TPSA) is 88.4 Å². The third-order valence-corrected chi connectivity index (χ3v) is 10.3. The van der Waals surface area contributed by atoms with Gasteiger partial charge in [-0.25, -0.2) is 13.5 Å². The second-order valence-corrected chi connectivity index (χ2v) is 13.2. The largest absolute Gasteiger partial charge is 0.338 e. The highest BCUT2D eigenvalue weighted by molar-refractivity contribution is 6.09. The Morgan fingerprint density at radius 1 is 1.09 bits per heavy atom. The summed E-state index contributed by atoms with van der Waals surface area (Å²) in [5.41, 5.74) is 1.70. The van der Waals surface area contributed by atoms with Crippen LogP contribution in [0.15, 0.2) is 48.7 Å². The third-order valence-electron chi connectivity index (χ3n) is 10.3. The van der Waals surface area contributed by atoms with E-state index in [0.29, 0.717) is 48.9 Å². The normalized spacial score (nSPS) is 26.3. The fourth-order valence-corrected chi connectivity index (χ4v) is 7.26. The number of likely N-dealkylation sites (tertiary alicyclic amines) is 2. The summed E-state index contributed by atoms with van der Waals surface area (Å²) in [6.07, 6.45) is 5.27. The van der Waals surface area contributed by atoms with Crippen molar-refractivity contribution < 1.29 is 23.2 Å². The molecule has 6 rings (SSSR count). The lowest BCUT2D eigenvalue weighted by atomic mass is 9.77. The molecule has 2 saturated heterocycles. The molecule has 232 valence electrons. The van der Waals surface area contributed by atoms with Crippen LogP contribution in [0.5, 0.6) is 0 Å². The molecule has 0 spiro atoms. The van der Waals surface area contributed by atoms with Crippen LogP contribution in [0.3, 0.4) is 0 Å². The summed E-state index contributed by atoms with van der Waals surface area (Å²) in [4.78, 5) is 44.3. The molecular formula is C34H39F2N5O3. The lowest BCUT2D eigenvalue weighted by Crippen LogP contribution is -2.51. The first-order valence-corrected chi connectivity index (χ1v) is 15.6. The molecular weight excluding hydrogens is 564 g/mol. The maximum atomic E-state index is 14.5. The molecule has 0 saturated carbocycles. The molecule has 8 nitrogen and oxygen atoms in total. The van der Waals surface area contributed by atoms with Gasteiger partial charge in [0.15, 0.2) is 0 Å². The lowest BCUT2D eigenvalue weighted by molar-refractivity contribution is -0.154. The molecule has 44 heavy (non-hydrogen) atoms. The zero-order valence-electron chi connectivity index (χ0n) is 25.7. The monoisotopic (exact) mass is 603 g/mol. The van der Waals surface area contributed by atoms with Crippen LogP contribution in [0.2, 0.25) is 0 Å². The van der Waals surface area contributed by atoms with E-state index in [-0.39, 0.29) is 48.1 Å². The molecule has 3 heterocycles. The number of carbonyl (C=O) groups excluding carboxylic acids is 3. The van der Waals surface area contributed by atoms with Gasteiger partial charge in [0.25, 0.3) is 5.91 Å². The molecule has 3 aromatic rings. The van der Waals surface area contributed by atoms with Gasteiger partial charge in [0.2, 0.25) is 11.8 Å². The zero-order chi connectivity index (χ0) is 31.3. The molecule has 2 aliphatic heterocycles. The number of carbonyl (C=O) groups is 3. The van der Waals surface area contributed by atoms with Gasteiger partial charge in [-0.2, -0.15) is 0 Å². The van der Waals surface area contributed by atoms with E-state index in [4.69, 9.17) is 0 Å². The van der Waals surface area contributed by atoms with Crippen LogP contribution in [0.1, 0.15) is 100 Å². The van der Waals surface area contributed by atoms with Gasteiger partial charge >= 0.3 is 0 Å². The van der Waals surface area contributed by atoms with E-state index in [2.05, 4.69) is 10.3 Å². The first-order chi connectivity index (χ1) is 21.0. The lowest BCUT2D eigenvalue weighted by Gasteiger charge is -2.40. The molecule has 1 aliphatic carbocycles. The Kier molecular flexibility index (Phi) is 7.88. The predicted molar refractivity (Wildman–Crippen MR) is 159 cm³/mol. The van der Waals surface area contributed by atoms with Gasteiger partial charge in [0.05, 0.1) is 17.2 Å². The highest BCUT2D eigenvalue weighted by atomic mass is 19.1. The Morgan fingerprint density at radius 2 is 1.84 bits per heavy atom. The van der Waals surface area contributed by atoms with E-state index in [1.165, 1.54) is 11.0 Å². The molecule has 0 bridgehead atoms. The minimum atomic E-state index is -1.02. The average molecular weight is 604 g/mol. The molecule has 2 aromatic carbocycles. The number of fused-ring (bicyclic) bond motifs is 1. The van der Waals surface area contributed by atoms with E-state index in [0.717, 1.165) is 18.2 Å². The zero-order valence-corrected chi connectivity index (χ0v) is 25.7. The van der Waals surface area contributed by atoms with Gasteiger partial charge in [-0.15, -0.1) is 5.10 Å². The molecule has 0 N–H and O–H groups in total. The van der Waals surface area contributed by atoms with Gasteiger partial charge in [0.1, 0.15) is 17.7 Å². The summed E-state index contributed by atoms with van der Waals surface area (Å²) in [5.74, 6) is -2.03. The maximum absolute atomic E-state index is 14.5. The number of hydrogen-bond donors (Lipinski definition) is 0. The summed E-state index contributed by atoms with van der Waals surface area (Å²) >= 11 is 0. The Labute approximate surface area is 256 Å². The molecule has 5 atom stereocenters. The number of halogens is 2. The van der Waals surface area contributed by atoms with Gasteiger partial charge < -0.3 is 4.90 Å². The highest BCUT2D eigenvalue weighted by Crippen LogP contribution is 2.44. The Balaban J connectivity index is 1.22. The summed E-state index contributed by atoms with van der Waals surface area (Å²) < 4.78 is 30.3. The fraction of sp³-hybridized carbons (Fsp3) is 0.500. The number of imide groups is 1. The number of aromatic nitrogens is 3. The van der Waals surface area contributed by atoms with E-state index in [1.54, 1.807) is 21.7 Å². The van der Waals surface area contributed by atoms with Crippen LogP contribution >= 0.6 is 0 Å². The minimum absolute atomic E-state index is 0.0320. The van der Waals surface area contributed by atoms with Crippen molar-refractivity contribution in [2.75, 3.05) is 6.54 Å². The van der Waals surface area contributed by atoms with E-state index in [1.807, 2.05) is 52.1 Å². The number of nitrogens with zero attached hydrogens (tertiary/aromatic N) is 5. The Hall–Kier alpha value is -3.95. The smallest absolute Gasteiger partial charge is 0.250 e. The molecule has 0 radical (unpaired) electrons. The van der Waals surface area contributed by atoms with Crippen LogP contribution in [-0.4, -0.2) is 55.1 Å². The third kappa shape index (κ3) is 5.12. The van der Waals surface area contributed by atoms with Crippen LogP contribution in [0.25, 0.3) is 0 Å². The van der Waals surface area contributed by atoms with Gasteiger partial charge in [-0.1, -0.05) is 49.4 Å². The minimum Gasteiger partial charge on any atom is -0.338 e. The van der Waals surface area contributed by atoms with Crippen molar-refractivity contribution in [3.05, 3.63) is 82.7 Å². The standard InChI is InChI=1S/C34H39F2N5O3/c1-20(2)34(4)18-30(42)41(33(34)44)31(22-9-6-5-7-10-22)32(43)39-14-13-23(15-21(39)3)28-19-40(38-37-28)29-12-8-11-25-26(29)16-24(35)17-27(25)36/h5-7,9-10,16-17,19-21,23,29,31H,8,11-15,18H2,1-4H3/t21?,23?,29-,31?,34?/m0/s1. The van der Waals surface area contributed by atoms with Crippen molar-refractivity contribution in [1.29, 1.82) is 0 Å². The number of amides is 3. The summed E-state index contributed by atoms with van der Waals surface area (Å²) in [6.45, 7) is 8.08. The van der Waals surface area contributed by atoms with Crippen molar-refractivity contribution in [1.82, 2.24) is 24.8 Å². The average Bonchev–Trinajstić information content (AvgIpc) is 3.57. The maximum Gasteiger partial charge on any atom is 0.250 e. The van der Waals surface area contributed by atoms with Crippen LogP contribution < -0.4 is 0 Å². The van der Waals surface area contributed by atoms with E-state index < -0.39 is 23.1 Å². The Morgan fingerprint density at radius 3 is 2.52 bits per heavy atom. The molecule has 3 aliphatic rings. The van der Waals surface area contributed by atoms with Crippen LogP contribution in [-0.2, 0) is 20.8 Å². The molecule has 10 heteroatoms. The number of benzene rings is 2. The van der Waals surface area contributed by atoms with Gasteiger partial charge in [0, 0.05) is 37.2 Å². The van der Waals surface area contributed by atoms with Gasteiger partial charge in [-0.3, -0.25) is 19.3 Å². The van der Waals surface area contributed by atoms with E-state index >= 15 is 0 Å². The predicted octanol–water partition coefficient (Wildman–Crippen LogP) is 5.74. The summed E-state index contributed by atoms with van der Waals surface area (Å²) in [7, 11) is 0. The SMILES string of the molecule is CC1CC(c2cn([C@H]3CCCc4c(F)cc(F)cc43)nn2)CCN1C(=O)C(c1ccccc1)N1C(=O)CC(C)(C(C)C)C1=O. The van der Waals surface area contributed by atoms with Crippen molar-refractivity contribution >= 4 is 17.7 Å². The molecule has 4 unspecified atom stereocenters. The summed E-state index contributed by atoms with van der Waals surface area (Å²) in [6, 6.07) is 9.91. The molecule has 2 fully saturated rings. The number of piperidine rings is 1. The number of hydrogen-bond acceptors (Lipinski definition) is 5. The van der Waals surface area contributed by atoms with Crippen LogP contribution in [0.4, 0.5) is 8.78 Å². The quantitative estimate of drug-likeness (QED) is 0.336. The fourth-order valence-electron chi connectivity index (χ4n) is 7.26. The first-order valence-electron chi connectivity index (χ1n) is 15.6. The second kappa shape index (κ2) is 11.5. The Bertz CT molecular complexity index is 1590. The van der Waals surface area contributed by atoms with Crippen molar-refractivity contribution in [3.8, 4) is 0 Å². The van der Waals surface area contributed by atoms with Crippen molar-refractivity contribution in [2.45, 2.75) is 90.3 Å².